The monoisotopic (exact) mass is 396 g/mol. The van der Waals surface area contributed by atoms with Crippen LogP contribution >= 0.6 is 0 Å². The summed E-state index contributed by atoms with van der Waals surface area (Å²) in [6, 6.07) is 11.9. The number of fused-ring (bicyclic) bond motifs is 1. The average molecular weight is 396 g/mol. The zero-order chi connectivity index (χ0) is 20.2. The SMILES string of the molecule is Cc1nc(N2CCCC(NCCc3cccc(F)c3)CC2)nc2ccc(F)cc12. The molecule has 0 aliphatic carbocycles. The summed E-state index contributed by atoms with van der Waals surface area (Å²) < 4.78 is 26.8. The molecule has 1 saturated heterocycles. The van der Waals surface area contributed by atoms with Crippen LogP contribution in [0.1, 0.15) is 30.5 Å². The van der Waals surface area contributed by atoms with Crippen molar-refractivity contribution in [2.45, 2.75) is 38.6 Å². The first-order chi connectivity index (χ1) is 14.1. The Labute approximate surface area is 170 Å². The lowest BCUT2D eigenvalue weighted by Gasteiger charge is -2.21. The number of aryl methyl sites for hydroxylation is 1. The lowest BCUT2D eigenvalue weighted by Crippen LogP contribution is -2.32. The molecule has 1 unspecified atom stereocenters. The molecule has 0 radical (unpaired) electrons. The van der Waals surface area contributed by atoms with E-state index in [1.807, 2.05) is 13.0 Å². The van der Waals surface area contributed by atoms with Crippen LogP contribution in [0.4, 0.5) is 14.7 Å². The second-order valence-electron chi connectivity index (χ2n) is 7.72. The molecule has 152 valence electrons. The van der Waals surface area contributed by atoms with Gasteiger partial charge in [-0.1, -0.05) is 12.1 Å². The van der Waals surface area contributed by atoms with E-state index in [2.05, 4.69) is 20.2 Å². The van der Waals surface area contributed by atoms with Crippen LogP contribution in [-0.2, 0) is 6.42 Å². The minimum absolute atomic E-state index is 0.180. The second kappa shape index (κ2) is 8.82. The molecule has 0 amide bonds. The highest BCUT2D eigenvalue weighted by atomic mass is 19.1. The summed E-state index contributed by atoms with van der Waals surface area (Å²) in [5, 5.41) is 4.38. The van der Waals surface area contributed by atoms with Gasteiger partial charge < -0.3 is 10.2 Å². The molecule has 4 rings (SSSR count). The van der Waals surface area contributed by atoms with Gasteiger partial charge in [-0.25, -0.2) is 18.7 Å². The normalized spacial score (nSPS) is 17.5. The van der Waals surface area contributed by atoms with Gasteiger partial charge in [0.15, 0.2) is 0 Å². The minimum atomic E-state index is -0.265. The molecule has 1 N–H and O–H groups in total. The lowest BCUT2D eigenvalue weighted by molar-refractivity contribution is 0.473. The van der Waals surface area contributed by atoms with Gasteiger partial charge in [0.05, 0.1) is 11.2 Å². The Morgan fingerprint density at radius 2 is 1.90 bits per heavy atom. The second-order valence-corrected chi connectivity index (χ2v) is 7.72. The summed E-state index contributed by atoms with van der Waals surface area (Å²) in [6.07, 6.45) is 3.98. The quantitative estimate of drug-likeness (QED) is 0.694. The Hall–Kier alpha value is -2.60. The topological polar surface area (TPSA) is 41.1 Å². The highest BCUT2D eigenvalue weighted by Crippen LogP contribution is 2.22. The summed E-state index contributed by atoms with van der Waals surface area (Å²) in [4.78, 5) is 11.5. The van der Waals surface area contributed by atoms with Crippen LogP contribution in [0.5, 0.6) is 0 Å². The summed E-state index contributed by atoms with van der Waals surface area (Å²) in [6.45, 7) is 4.53. The number of halogens is 2. The molecule has 2 aromatic carbocycles. The Bertz CT molecular complexity index is 992. The summed E-state index contributed by atoms with van der Waals surface area (Å²) in [7, 11) is 0. The first-order valence-corrected chi connectivity index (χ1v) is 10.3. The Morgan fingerprint density at radius 1 is 1.03 bits per heavy atom. The number of rotatable bonds is 5. The van der Waals surface area contributed by atoms with Gasteiger partial charge in [0, 0.05) is 24.5 Å². The van der Waals surface area contributed by atoms with Crippen LogP contribution in [-0.4, -0.2) is 35.6 Å². The molecule has 0 bridgehead atoms. The number of benzene rings is 2. The van der Waals surface area contributed by atoms with Crippen molar-refractivity contribution >= 4 is 16.9 Å². The molecule has 3 aromatic rings. The van der Waals surface area contributed by atoms with Gasteiger partial charge in [0.2, 0.25) is 5.95 Å². The zero-order valence-corrected chi connectivity index (χ0v) is 16.7. The maximum absolute atomic E-state index is 13.5. The lowest BCUT2D eigenvalue weighted by atomic mass is 10.1. The molecule has 4 nitrogen and oxygen atoms in total. The molecule has 1 aliphatic rings. The van der Waals surface area contributed by atoms with Crippen molar-refractivity contribution in [2.75, 3.05) is 24.5 Å². The van der Waals surface area contributed by atoms with Gasteiger partial charge in [-0.05, 0) is 75.0 Å². The van der Waals surface area contributed by atoms with E-state index in [1.54, 1.807) is 18.2 Å². The molecule has 1 aromatic heterocycles. The van der Waals surface area contributed by atoms with E-state index in [1.165, 1.54) is 18.2 Å². The van der Waals surface area contributed by atoms with E-state index < -0.39 is 0 Å². The number of anilines is 1. The van der Waals surface area contributed by atoms with E-state index in [0.717, 1.165) is 73.4 Å². The Morgan fingerprint density at radius 3 is 2.76 bits per heavy atom. The fraction of sp³-hybridized carbons (Fsp3) is 0.391. The van der Waals surface area contributed by atoms with E-state index >= 15 is 0 Å². The standard InChI is InChI=1S/C23H26F2N4/c1-16-21-15-19(25)7-8-22(21)28-23(27-16)29-12-3-6-20(10-13-29)26-11-9-17-4-2-5-18(24)14-17/h2,4-5,7-8,14-15,20,26H,3,6,9-13H2,1H3. The smallest absolute Gasteiger partial charge is 0.226 e. The van der Waals surface area contributed by atoms with E-state index in [0.29, 0.717) is 6.04 Å². The van der Waals surface area contributed by atoms with Crippen molar-refractivity contribution < 1.29 is 8.78 Å². The van der Waals surface area contributed by atoms with Crippen LogP contribution in [0.2, 0.25) is 0 Å². The molecule has 1 fully saturated rings. The highest BCUT2D eigenvalue weighted by molar-refractivity contribution is 5.81. The summed E-state index contributed by atoms with van der Waals surface area (Å²) in [5.41, 5.74) is 2.60. The number of aromatic nitrogens is 2. The van der Waals surface area contributed by atoms with E-state index in [9.17, 15) is 8.78 Å². The largest absolute Gasteiger partial charge is 0.341 e. The molecule has 1 atom stereocenters. The third-order valence-corrected chi connectivity index (χ3v) is 5.58. The van der Waals surface area contributed by atoms with Crippen molar-refractivity contribution in [1.82, 2.24) is 15.3 Å². The van der Waals surface area contributed by atoms with Crippen LogP contribution in [0.3, 0.4) is 0 Å². The van der Waals surface area contributed by atoms with Gasteiger partial charge >= 0.3 is 0 Å². The number of hydrogen-bond acceptors (Lipinski definition) is 4. The van der Waals surface area contributed by atoms with Crippen molar-refractivity contribution in [3.63, 3.8) is 0 Å². The van der Waals surface area contributed by atoms with Gasteiger partial charge in [0.25, 0.3) is 0 Å². The molecular weight excluding hydrogens is 370 g/mol. The van der Waals surface area contributed by atoms with Gasteiger partial charge in [-0.15, -0.1) is 0 Å². The first kappa shape index (κ1) is 19.7. The van der Waals surface area contributed by atoms with E-state index in [-0.39, 0.29) is 11.6 Å². The average Bonchev–Trinajstić information content (AvgIpc) is 2.94. The first-order valence-electron chi connectivity index (χ1n) is 10.3. The number of nitrogens with zero attached hydrogens (tertiary/aromatic N) is 3. The predicted molar refractivity (Wildman–Crippen MR) is 112 cm³/mol. The molecule has 0 saturated carbocycles. The minimum Gasteiger partial charge on any atom is -0.341 e. The third kappa shape index (κ3) is 4.88. The Kier molecular flexibility index (Phi) is 6.00. The van der Waals surface area contributed by atoms with Crippen LogP contribution in [0, 0.1) is 18.6 Å². The van der Waals surface area contributed by atoms with Crippen molar-refractivity contribution in [1.29, 1.82) is 0 Å². The summed E-state index contributed by atoms with van der Waals surface area (Å²) >= 11 is 0. The number of nitrogens with one attached hydrogen (secondary N) is 1. The van der Waals surface area contributed by atoms with Crippen LogP contribution in [0.25, 0.3) is 10.9 Å². The molecule has 0 spiro atoms. The van der Waals surface area contributed by atoms with Gasteiger partial charge in [-0.2, -0.15) is 0 Å². The molecule has 2 heterocycles. The third-order valence-electron chi connectivity index (χ3n) is 5.58. The molecule has 6 heteroatoms. The zero-order valence-electron chi connectivity index (χ0n) is 16.7. The van der Waals surface area contributed by atoms with Crippen LogP contribution < -0.4 is 10.2 Å². The predicted octanol–water partition coefficient (Wildman–Crippen LogP) is 4.41. The molecule has 29 heavy (non-hydrogen) atoms. The van der Waals surface area contributed by atoms with E-state index in [4.69, 9.17) is 0 Å². The highest BCUT2D eigenvalue weighted by Gasteiger charge is 2.19. The molecular formula is C23H26F2N4. The van der Waals surface area contributed by atoms with Crippen molar-refractivity contribution in [3.05, 3.63) is 65.4 Å². The fourth-order valence-corrected chi connectivity index (χ4v) is 3.99. The van der Waals surface area contributed by atoms with Crippen LogP contribution in [0.15, 0.2) is 42.5 Å². The molecule has 1 aliphatic heterocycles. The maximum Gasteiger partial charge on any atom is 0.226 e. The van der Waals surface area contributed by atoms with Gasteiger partial charge in [-0.3, -0.25) is 0 Å². The fourth-order valence-electron chi connectivity index (χ4n) is 3.99. The summed E-state index contributed by atoms with van der Waals surface area (Å²) in [5.74, 6) is 0.280. The Balaban J connectivity index is 1.36. The maximum atomic E-state index is 13.5. The van der Waals surface area contributed by atoms with Gasteiger partial charge in [0.1, 0.15) is 11.6 Å². The van der Waals surface area contributed by atoms with Crippen molar-refractivity contribution in [3.8, 4) is 0 Å². The number of hydrogen-bond donors (Lipinski definition) is 1. The van der Waals surface area contributed by atoms with Crippen molar-refractivity contribution in [2.24, 2.45) is 0 Å².